The molecule has 0 aromatic carbocycles. The van der Waals surface area contributed by atoms with Crippen LogP contribution in [0.4, 0.5) is 0 Å². The van der Waals surface area contributed by atoms with Crippen molar-refractivity contribution in [2.24, 2.45) is 5.10 Å². The third kappa shape index (κ3) is 1.61. The molecule has 60 valence electrons. The van der Waals surface area contributed by atoms with Gasteiger partial charge in [0.1, 0.15) is 6.67 Å². The molecule has 0 aromatic heterocycles. The minimum atomic E-state index is 0.802. The summed E-state index contributed by atoms with van der Waals surface area (Å²) in [4.78, 5) is 2.04. The number of nitrogens with zero attached hydrogens (tertiary/aromatic N) is 2. The van der Waals surface area contributed by atoms with E-state index in [0.29, 0.717) is 0 Å². The van der Waals surface area contributed by atoms with Gasteiger partial charge < -0.3 is 4.90 Å². The normalized spacial score (nSPS) is 18.0. The Bertz CT molecular complexity index is 201. The molecule has 0 atom stereocenters. The Morgan fingerprint density at radius 1 is 1.45 bits per heavy atom. The van der Waals surface area contributed by atoms with Gasteiger partial charge in [-0.25, -0.2) is 0 Å². The van der Waals surface area contributed by atoms with Gasteiger partial charge in [-0.1, -0.05) is 19.9 Å². The predicted molar refractivity (Wildman–Crippen MR) is 46.9 cm³/mol. The van der Waals surface area contributed by atoms with Gasteiger partial charge in [0.05, 0.1) is 0 Å². The second-order valence-electron chi connectivity index (χ2n) is 1.96. The van der Waals surface area contributed by atoms with Gasteiger partial charge in [0.25, 0.3) is 0 Å². The van der Waals surface area contributed by atoms with Crippen molar-refractivity contribution < 1.29 is 0 Å². The summed E-state index contributed by atoms with van der Waals surface area (Å²) < 4.78 is 0. The largest absolute Gasteiger partial charge is 0.312 e. The van der Waals surface area contributed by atoms with Crippen LogP contribution < -0.4 is 5.43 Å². The summed E-state index contributed by atoms with van der Waals surface area (Å²) in [5, 5.41) is 4.01. The monoisotopic (exact) mass is 151 g/mol. The summed E-state index contributed by atoms with van der Waals surface area (Å²) in [6.45, 7) is 4.80. The average molecular weight is 151 g/mol. The van der Waals surface area contributed by atoms with Crippen LogP contribution >= 0.6 is 0 Å². The van der Waals surface area contributed by atoms with Crippen LogP contribution in [0.5, 0.6) is 0 Å². The number of hydrazone groups is 1. The zero-order valence-corrected chi connectivity index (χ0v) is 6.91. The van der Waals surface area contributed by atoms with Gasteiger partial charge in [0.15, 0.2) is 5.84 Å². The molecule has 2 rings (SSSR count). The van der Waals surface area contributed by atoms with Crippen LogP contribution in [-0.4, -0.2) is 17.4 Å². The maximum Gasteiger partial charge on any atom is 0.153 e. The number of hydrogen-bond donors (Lipinski definition) is 1. The summed E-state index contributed by atoms with van der Waals surface area (Å²) in [6, 6.07) is 0. The number of hydrogen-bond acceptors (Lipinski definition) is 3. The summed E-state index contributed by atoms with van der Waals surface area (Å²) in [5.41, 5.74) is 2.88. The molecule has 3 heteroatoms. The van der Waals surface area contributed by atoms with E-state index in [-0.39, 0.29) is 0 Å². The lowest BCUT2D eigenvalue weighted by atomic mass is 10.3. The van der Waals surface area contributed by atoms with Crippen molar-refractivity contribution in [1.29, 1.82) is 0 Å². The van der Waals surface area contributed by atoms with Crippen molar-refractivity contribution in [2.75, 3.05) is 6.67 Å². The Hall–Kier alpha value is -1.25. The number of allylic oxidation sites excluding steroid dienone is 2. The topological polar surface area (TPSA) is 27.6 Å². The zero-order chi connectivity index (χ0) is 8.10. The Labute approximate surface area is 67.1 Å². The molecule has 0 aliphatic carbocycles. The Balaban J connectivity index is 0.000000281. The van der Waals surface area contributed by atoms with Crippen LogP contribution in [0.1, 0.15) is 13.8 Å². The van der Waals surface area contributed by atoms with E-state index in [1.54, 1.807) is 0 Å². The van der Waals surface area contributed by atoms with E-state index in [4.69, 9.17) is 0 Å². The Morgan fingerprint density at radius 3 is 3.00 bits per heavy atom. The van der Waals surface area contributed by atoms with Gasteiger partial charge in [-0.05, 0) is 12.2 Å². The molecule has 3 nitrogen and oxygen atoms in total. The number of rotatable bonds is 0. The van der Waals surface area contributed by atoms with Crippen molar-refractivity contribution in [2.45, 2.75) is 13.8 Å². The van der Waals surface area contributed by atoms with Crippen molar-refractivity contribution in [3.8, 4) is 0 Å². The van der Waals surface area contributed by atoms with Crippen LogP contribution in [0.2, 0.25) is 0 Å². The second-order valence-corrected chi connectivity index (χ2v) is 1.96. The molecular formula is C8H13N3. The van der Waals surface area contributed by atoms with Gasteiger partial charge >= 0.3 is 0 Å². The molecule has 0 fully saturated rings. The molecule has 1 N–H and O–H groups in total. The van der Waals surface area contributed by atoms with Crippen molar-refractivity contribution in [1.82, 2.24) is 10.3 Å². The summed E-state index contributed by atoms with van der Waals surface area (Å²) in [6.07, 6.45) is 7.94. The van der Waals surface area contributed by atoms with Gasteiger partial charge in [-0.3, -0.25) is 5.43 Å². The lowest BCUT2D eigenvalue weighted by molar-refractivity contribution is 0.550. The van der Waals surface area contributed by atoms with Crippen LogP contribution in [0.3, 0.4) is 0 Å². The second kappa shape index (κ2) is 3.81. The first-order valence-electron chi connectivity index (χ1n) is 3.89. The lowest BCUT2D eigenvalue weighted by Gasteiger charge is -2.12. The van der Waals surface area contributed by atoms with Gasteiger partial charge in [0, 0.05) is 6.20 Å². The molecule has 2 aliphatic heterocycles. The van der Waals surface area contributed by atoms with E-state index in [1.165, 1.54) is 0 Å². The van der Waals surface area contributed by atoms with Crippen LogP contribution in [0.25, 0.3) is 0 Å². The first-order chi connectivity index (χ1) is 5.47. The molecule has 0 saturated heterocycles. The molecule has 0 spiro atoms. The van der Waals surface area contributed by atoms with E-state index in [9.17, 15) is 0 Å². The predicted octanol–water partition coefficient (Wildman–Crippen LogP) is 1.27. The fourth-order valence-corrected chi connectivity index (χ4v) is 0.895. The van der Waals surface area contributed by atoms with E-state index < -0.39 is 0 Å². The molecule has 0 unspecified atom stereocenters. The van der Waals surface area contributed by atoms with Crippen molar-refractivity contribution >= 4 is 5.84 Å². The van der Waals surface area contributed by atoms with E-state index in [2.05, 4.69) is 10.5 Å². The minimum Gasteiger partial charge on any atom is -0.312 e. The van der Waals surface area contributed by atoms with E-state index >= 15 is 0 Å². The third-order valence-corrected chi connectivity index (χ3v) is 1.35. The average Bonchev–Trinajstić information content (AvgIpc) is 2.55. The molecule has 2 aliphatic rings. The molecule has 11 heavy (non-hydrogen) atoms. The molecule has 2 heterocycles. The Morgan fingerprint density at radius 2 is 2.27 bits per heavy atom. The smallest absolute Gasteiger partial charge is 0.153 e. The molecule has 0 saturated carbocycles. The third-order valence-electron chi connectivity index (χ3n) is 1.35. The lowest BCUT2D eigenvalue weighted by Crippen LogP contribution is -2.23. The highest BCUT2D eigenvalue weighted by Crippen LogP contribution is 2.03. The first-order valence-corrected chi connectivity index (χ1v) is 3.89. The first kappa shape index (κ1) is 7.85. The summed E-state index contributed by atoms with van der Waals surface area (Å²) in [5.74, 6) is 0.998. The molecule has 0 bridgehead atoms. The molecular weight excluding hydrogens is 138 g/mol. The zero-order valence-electron chi connectivity index (χ0n) is 6.91. The SMILES string of the molecule is C1=CC2=NNCN2C=C1.CC. The fraction of sp³-hybridized carbons (Fsp3) is 0.375. The molecule has 0 amide bonds. The van der Waals surface area contributed by atoms with Crippen molar-refractivity contribution in [3.63, 3.8) is 0 Å². The van der Waals surface area contributed by atoms with E-state index in [0.717, 1.165) is 12.5 Å². The summed E-state index contributed by atoms with van der Waals surface area (Å²) >= 11 is 0. The van der Waals surface area contributed by atoms with Crippen molar-refractivity contribution in [3.05, 3.63) is 24.4 Å². The van der Waals surface area contributed by atoms with E-state index in [1.807, 2.05) is 43.2 Å². The fourth-order valence-electron chi connectivity index (χ4n) is 0.895. The highest BCUT2D eigenvalue weighted by atomic mass is 15.5. The maximum atomic E-state index is 4.01. The van der Waals surface area contributed by atoms with Gasteiger partial charge in [-0.15, -0.1) is 0 Å². The quantitative estimate of drug-likeness (QED) is 0.564. The standard InChI is InChI=1S/C6H7N3.C2H6/c1-2-4-9-5-7-8-6(9)3-1;1-2/h1-4,7H,5H2;1-2H3. The highest BCUT2D eigenvalue weighted by molar-refractivity contribution is 5.95. The summed E-state index contributed by atoms with van der Waals surface area (Å²) in [7, 11) is 0. The highest BCUT2D eigenvalue weighted by Gasteiger charge is 2.11. The molecule has 0 radical (unpaired) electrons. The van der Waals surface area contributed by atoms with Gasteiger partial charge in [-0.2, -0.15) is 5.10 Å². The molecule has 0 aromatic rings. The number of nitrogens with one attached hydrogen (secondary N) is 1. The van der Waals surface area contributed by atoms with Crippen LogP contribution in [0, 0.1) is 0 Å². The Kier molecular flexibility index (Phi) is 2.72. The van der Waals surface area contributed by atoms with Crippen LogP contribution in [-0.2, 0) is 0 Å². The minimum absolute atomic E-state index is 0.802. The van der Waals surface area contributed by atoms with Crippen LogP contribution in [0.15, 0.2) is 29.5 Å². The maximum absolute atomic E-state index is 4.01. The number of fused-ring (bicyclic) bond motifs is 1. The van der Waals surface area contributed by atoms with Gasteiger partial charge in [0.2, 0.25) is 0 Å². The number of amidine groups is 1.